The summed E-state index contributed by atoms with van der Waals surface area (Å²) in [7, 11) is 0. The smallest absolute Gasteiger partial charge is 0.191 e. The molecule has 0 radical (unpaired) electrons. The average molecular weight is 472 g/mol. The Hall–Kier alpha value is -1.28. The van der Waals surface area contributed by atoms with Crippen molar-refractivity contribution in [2.24, 2.45) is 4.99 Å². The number of aromatic amines is 1. The number of halogens is 1. The first-order valence-corrected chi connectivity index (χ1v) is 9.42. The summed E-state index contributed by atoms with van der Waals surface area (Å²) in [6.07, 6.45) is 3.09. The van der Waals surface area contributed by atoms with Crippen LogP contribution >= 0.6 is 24.0 Å². The van der Waals surface area contributed by atoms with Gasteiger partial charge in [-0.2, -0.15) is 0 Å². The van der Waals surface area contributed by atoms with Gasteiger partial charge in [-0.3, -0.25) is 4.99 Å². The molecule has 5 nitrogen and oxygen atoms in total. The van der Waals surface area contributed by atoms with Gasteiger partial charge in [-0.15, -0.1) is 24.0 Å². The molecule has 0 aliphatic rings. The largest absolute Gasteiger partial charge is 0.382 e. The highest BCUT2D eigenvalue weighted by Crippen LogP contribution is 2.21. The number of para-hydroxylation sites is 1. The van der Waals surface area contributed by atoms with Crippen molar-refractivity contribution >= 4 is 40.8 Å². The molecule has 26 heavy (non-hydrogen) atoms. The molecule has 2 rings (SSSR count). The molecule has 0 aliphatic heterocycles. The van der Waals surface area contributed by atoms with Crippen molar-refractivity contribution in [2.45, 2.75) is 40.0 Å². The van der Waals surface area contributed by atoms with Gasteiger partial charge in [0.2, 0.25) is 0 Å². The van der Waals surface area contributed by atoms with E-state index in [-0.39, 0.29) is 24.0 Å². The van der Waals surface area contributed by atoms with Crippen molar-refractivity contribution in [3.8, 4) is 0 Å². The predicted octanol–water partition coefficient (Wildman–Crippen LogP) is 4.01. The maximum atomic E-state index is 5.36. The van der Waals surface area contributed by atoms with Gasteiger partial charge >= 0.3 is 0 Å². The third-order valence-electron chi connectivity index (χ3n) is 4.21. The number of nitrogens with zero attached hydrogens (tertiary/aromatic N) is 1. The number of hydrogen-bond acceptors (Lipinski definition) is 2. The molecule has 0 saturated heterocycles. The molecule has 1 aromatic carbocycles. The number of fused-ring (bicyclic) bond motifs is 1. The molecule has 0 atom stereocenters. The molecule has 0 bridgehead atoms. The van der Waals surface area contributed by atoms with E-state index in [0.717, 1.165) is 58.1 Å². The molecule has 0 aliphatic carbocycles. The standard InChI is InChI=1S/C20H32N4O.HI/c1-4-21-20(22-13-8-9-15-25-5-2)23-14-12-17-16(3)24-19-11-7-6-10-18(17)19;/h6-7,10-11,24H,4-5,8-9,12-15H2,1-3H3,(H2,21,22,23);1H. The third-order valence-corrected chi connectivity index (χ3v) is 4.21. The van der Waals surface area contributed by atoms with Crippen LogP contribution in [0.2, 0.25) is 0 Å². The second-order valence-electron chi connectivity index (χ2n) is 6.12. The van der Waals surface area contributed by atoms with Crippen LogP contribution in [-0.2, 0) is 11.2 Å². The van der Waals surface area contributed by atoms with Gasteiger partial charge in [0.1, 0.15) is 0 Å². The van der Waals surface area contributed by atoms with Gasteiger partial charge in [0.05, 0.1) is 0 Å². The summed E-state index contributed by atoms with van der Waals surface area (Å²) in [5.74, 6) is 0.899. The Bertz CT molecular complexity index is 669. The molecule has 6 heteroatoms. The summed E-state index contributed by atoms with van der Waals surface area (Å²) in [4.78, 5) is 8.11. The van der Waals surface area contributed by atoms with Crippen molar-refractivity contribution in [1.29, 1.82) is 0 Å². The number of hydrogen-bond donors (Lipinski definition) is 3. The zero-order valence-corrected chi connectivity index (χ0v) is 18.6. The minimum Gasteiger partial charge on any atom is -0.382 e. The van der Waals surface area contributed by atoms with Gasteiger partial charge < -0.3 is 20.4 Å². The van der Waals surface area contributed by atoms with Gasteiger partial charge in [-0.25, -0.2) is 0 Å². The predicted molar refractivity (Wildman–Crippen MR) is 122 cm³/mol. The van der Waals surface area contributed by atoms with Crippen LogP contribution in [0.5, 0.6) is 0 Å². The molecule has 2 aromatic rings. The van der Waals surface area contributed by atoms with Crippen LogP contribution in [0.4, 0.5) is 0 Å². The van der Waals surface area contributed by atoms with E-state index in [1.54, 1.807) is 0 Å². The number of ether oxygens (including phenoxy) is 1. The van der Waals surface area contributed by atoms with Crippen LogP contribution in [0.1, 0.15) is 37.9 Å². The fourth-order valence-corrected chi connectivity index (χ4v) is 2.96. The Morgan fingerprint density at radius 3 is 2.73 bits per heavy atom. The molecular weight excluding hydrogens is 439 g/mol. The van der Waals surface area contributed by atoms with Crippen LogP contribution in [-0.4, -0.2) is 43.8 Å². The number of benzene rings is 1. The van der Waals surface area contributed by atoms with Crippen molar-refractivity contribution in [1.82, 2.24) is 15.6 Å². The van der Waals surface area contributed by atoms with Gasteiger partial charge in [0.15, 0.2) is 5.96 Å². The van der Waals surface area contributed by atoms with E-state index in [9.17, 15) is 0 Å². The van der Waals surface area contributed by atoms with Crippen LogP contribution in [0.25, 0.3) is 10.9 Å². The summed E-state index contributed by atoms with van der Waals surface area (Å²) >= 11 is 0. The zero-order valence-electron chi connectivity index (χ0n) is 16.2. The SMILES string of the molecule is CCNC(=NCCCCOCC)NCCc1c(C)[nH]c2ccccc12.I. The third kappa shape index (κ3) is 7.15. The molecule has 0 saturated carbocycles. The van der Waals surface area contributed by atoms with E-state index >= 15 is 0 Å². The lowest BCUT2D eigenvalue weighted by atomic mass is 10.1. The highest BCUT2D eigenvalue weighted by atomic mass is 127. The number of aliphatic imine (C=N–C) groups is 1. The van der Waals surface area contributed by atoms with Gasteiger partial charge in [0, 0.05) is 49.4 Å². The molecule has 0 fully saturated rings. The Morgan fingerprint density at radius 2 is 1.96 bits per heavy atom. The first kappa shape index (κ1) is 22.8. The summed E-state index contributed by atoms with van der Waals surface area (Å²) in [5, 5.41) is 8.08. The molecule has 146 valence electrons. The second kappa shape index (κ2) is 13.0. The second-order valence-corrected chi connectivity index (χ2v) is 6.12. The lowest BCUT2D eigenvalue weighted by molar-refractivity contribution is 0.144. The molecular formula is C20H33IN4O. The number of rotatable bonds is 10. The number of aryl methyl sites for hydroxylation is 1. The zero-order chi connectivity index (χ0) is 17.9. The maximum absolute atomic E-state index is 5.36. The van der Waals surface area contributed by atoms with Crippen LogP contribution in [0, 0.1) is 6.92 Å². The first-order valence-electron chi connectivity index (χ1n) is 9.42. The fraction of sp³-hybridized carbons (Fsp3) is 0.550. The van der Waals surface area contributed by atoms with E-state index in [2.05, 4.69) is 58.7 Å². The first-order chi connectivity index (χ1) is 12.3. The fourth-order valence-electron chi connectivity index (χ4n) is 2.96. The lowest BCUT2D eigenvalue weighted by Gasteiger charge is -2.11. The van der Waals surface area contributed by atoms with Gasteiger partial charge in [-0.1, -0.05) is 18.2 Å². The van der Waals surface area contributed by atoms with Crippen LogP contribution in [0.3, 0.4) is 0 Å². The highest BCUT2D eigenvalue weighted by molar-refractivity contribution is 14.0. The molecule has 0 amide bonds. The van der Waals surface area contributed by atoms with E-state index < -0.39 is 0 Å². The topological polar surface area (TPSA) is 61.4 Å². The summed E-state index contributed by atoms with van der Waals surface area (Å²) in [5.41, 5.74) is 3.85. The Balaban J connectivity index is 0.00000338. The molecule has 1 aromatic heterocycles. The van der Waals surface area contributed by atoms with Crippen molar-refractivity contribution in [3.63, 3.8) is 0 Å². The lowest BCUT2D eigenvalue weighted by Crippen LogP contribution is -2.38. The van der Waals surface area contributed by atoms with E-state index in [0.29, 0.717) is 0 Å². The molecule has 0 unspecified atom stereocenters. The number of H-pyrrole nitrogens is 1. The monoisotopic (exact) mass is 472 g/mol. The van der Waals surface area contributed by atoms with Crippen molar-refractivity contribution < 1.29 is 4.74 Å². The van der Waals surface area contributed by atoms with Crippen LogP contribution < -0.4 is 10.6 Å². The highest BCUT2D eigenvalue weighted by Gasteiger charge is 2.07. The number of aromatic nitrogens is 1. The Morgan fingerprint density at radius 1 is 1.15 bits per heavy atom. The average Bonchev–Trinajstić information content (AvgIpc) is 2.93. The minimum atomic E-state index is 0. The van der Waals surface area contributed by atoms with Crippen LogP contribution in [0.15, 0.2) is 29.3 Å². The Kier molecular flexibility index (Phi) is 11.4. The van der Waals surface area contributed by atoms with E-state index in [1.807, 2.05) is 6.92 Å². The number of guanidine groups is 1. The minimum absolute atomic E-state index is 0. The number of nitrogens with one attached hydrogen (secondary N) is 3. The maximum Gasteiger partial charge on any atom is 0.191 e. The summed E-state index contributed by atoms with van der Waals surface area (Å²) in [6, 6.07) is 8.49. The molecule has 0 spiro atoms. The van der Waals surface area contributed by atoms with Gasteiger partial charge in [0.25, 0.3) is 0 Å². The van der Waals surface area contributed by atoms with E-state index in [1.165, 1.54) is 22.2 Å². The quantitative estimate of drug-likeness (QED) is 0.212. The summed E-state index contributed by atoms with van der Waals surface area (Å²) < 4.78 is 5.36. The van der Waals surface area contributed by atoms with Crippen molar-refractivity contribution in [3.05, 3.63) is 35.5 Å². The summed E-state index contributed by atoms with van der Waals surface area (Å²) in [6.45, 7) is 10.5. The van der Waals surface area contributed by atoms with Crippen molar-refractivity contribution in [2.75, 3.05) is 32.8 Å². The van der Waals surface area contributed by atoms with Gasteiger partial charge in [-0.05, 0) is 51.7 Å². The molecule has 3 N–H and O–H groups in total. The van der Waals surface area contributed by atoms with E-state index in [4.69, 9.17) is 4.74 Å². The molecule has 1 heterocycles. The number of unbranched alkanes of at least 4 members (excludes halogenated alkanes) is 1. The Labute approximate surface area is 174 Å². The normalized spacial score (nSPS) is 11.4.